The first-order chi connectivity index (χ1) is 8.20. The highest BCUT2D eigenvalue weighted by Gasteiger charge is 2.12. The molecule has 2 aromatic heterocycles. The smallest absolute Gasteiger partial charge is 0.226 e. The van der Waals surface area contributed by atoms with Crippen molar-refractivity contribution in [1.82, 2.24) is 15.0 Å². The third-order valence-electron chi connectivity index (χ3n) is 1.88. The maximum Gasteiger partial charge on any atom is 0.226 e. The Morgan fingerprint density at radius 3 is 2.82 bits per heavy atom. The zero-order valence-corrected chi connectivity index (χ0v) is 10.0. The molecular formula is C8H8ClFN6S. The lowest BCUT2D eigenvalue weighted by Crippen LogP contribution is -2.14. The molecule has 9 heteroatoms. The van der Waals surface area contributed by atoms with E-state index in [1.807, 2.05) is 5.38 Å². The average molecular weight is 275 g/mol. The molecule has 0 unspecified atom stereocenters. The molecule has 0 amide bonds. The molecule has 0 spiro atoms. The maximum atomic E-state index is 13.7. The second-order valence-electron chi connectivity index (χ2n) is 2.98. The zero-order chi connectivity index (χ0) is 12.3. The summed E-state index contributed by atoms with van der Waals surface area (Å²) >= 11 is 7.08. The Labute approximate surface area is 105 Å². The van der Waals surface area contributed by atoms with Crippen molar-refractivity contribution in [2.45, 2.75) is 6.54 Å². The van der Waals surface area contributed by atoms with E-state index in [-0.39, 0.29) is 16.9 Å². The van der Waals surface area contributed by atoms with E-state index in [4.69, 9.17) is 17.4 Å². The van der Waals surface area contributed by atoms with Crippen molar-refractivity contribution >= 4 is 34.6 Å². The molecule has 0 atom stereocenters. The predicted octanol–water partition coefficient (Wildman–Crippen LogP) is 1.62. The number of hydrazine groups is 1. The molecule has 2 aromatic rings. The molecule has 2 heterocycles. The summed E-state index contributed by atoms with van der Waals surface area (Å²) in [5.41, 5.74) is 4.58. The van der Waals surface area contributed by atoms with Gasteiger partial charge in [-0.2, -0.15) is 14.4 Å². The number of halogens is 2. The van der Waals surface area contributed by atoms with Gasteiger partial charge in [-0.15, -0.1) is 11.3 Å². The molecule has 4 N–H and O–H groups in total. The summed E-state index contributed by atoms with van der Waals surface area (Å²) in [5.74, 6) is 4.23. The molecule has 0 bridgehead atoms. The lowest BCUT2D eigenvalue weighted by Gasteiger charge is -2.08. The van der Waals surface area contributed by atoms with Gasteiger partial charge >= 0.3 is 0 Å². The van der Waals surface area contributed by atoms with Crippen molar-refractivity contribution in [2.75, 3.05) is 10.7 Å². The maximum absolute atomic E-state index is 13.7. The first-order valence-electron chi connectivity index (χ1n) is 4.51. The third-order valence-corrected chi connectivity index (χ3v) is 2.69. The monoisotopic (exact) mass is 274 g/mol. The van der Waals surface area contributed by atoms with Crippen LogP contribution in [0.25, 0.3) is 0 Å². The number of nitrogens with one attached hydrogen (secondary N) is 2. The summed E-state index contributed by atoms with van der Waals surface area (Å²) in [4.78, 5) is 11.4. The Hall–Kier alpha value is -1.51. The summed E-state index contributed by atoms with van der Waals surface area (Å²) in [6, 6.07) is 0. The van der Waals surface area contributed by atoms with Crippen LogP contribution in [0.3, 0.4) is 0 Å². The van der Waals surface area contributed by atoms with Crippen LogP contribution in [0.2, 0.25) is 5.28 Å². The van der Waals surface area contributed by atoms with Crippen LogP contribution in [0.5, 0.6) is 0 Å². The number of anilines is 2. The number of thiazole rings is 1. The van der Waals surface area contributed by atoms with E-state index in [0.29, 0.717) is 6.54 Å². The summed E-state index contributed by atoms with van der Waals surface area (Å²) in [7, 11) is 0. The molecule has 2 rings (SSSR count). The molecule has 0 aromatic carbocycles. The van der Waals surface area contributed by atoms with Gasteiger partial charge in [-0.25, -0.2) is 10.8 Å². The molecule has 0 aliphatic heterocycles. The number of hydrogen-bond acceptors (Lipinski definition) is 7. The highest BCUT2D eigenvalue weighted by atomic mass is 35.5. The Kier molecular flexibility index (Phi) is 3.67. The van der Waals surface area contributed by atoms with Crippen molar-refractivity contribution in [1.29, 1.82) is 0 Å². The minimum atomic E-state index is -0.688. The molecule has 0 saturated carbocycles. The summed E-state index contributed by atoms with van der Waals surface area (Å²) in [6.45, 7) is 0.345. The van der Waals surface area contributed by atoms with Gasteiger partial charge in [-0.3, -0.25) is 0 Å². The second-order valence-corrected chi connectivity index (χ2v) is 4.04. The van der Waals surface area contributed by atoms with Gasteiger partial charge in [0, 0.05) is 5.38 Å². The standard InChI is InChI=1S/C8H8ClFN6S/c9-8-14-6(5(10)7(15-8)16-11)12-1-4-2-17-3-13-4/h2-3H,1,11H2,(H2,12,14,15,16). The van der Waals surface area contributed by atoms with E-state index in [1.165, 1.54) is 11.3 Å². The van der Waals surface area contributed by atoms with Crippen molar-refractivity contribution < 1.29 is 4.39 Å². The molecule has 0 fully saturated rings. The lowest BCUT2D eigenvalue weighted by atomic mass is 10.4. The molecule has 0 radical (unpaired) electrons. The van der Waals surface area contributed by atoms with Gasteiger partial charge in [0.15, 0.2) is 11.6 Å². The fraction of sp³-hybridized carbons (Fsp3) is 0.125. The fourth-order valence-corrected chi connectivity index (χ4v) is 1.86. The van der Waals surface area contributed by atoms with Crippen molar-refractivity contribution in [3.05, 3.63) is 27.7 Å². The van der Waals surface area contributed by atoms with Crippen molar-refractivity contribution in [3.8, 4) is 0 Å². The van der Waals surface area contributed by atoms with Gasteiger partial charge in [-0.1, -0.05) is 0 Å². The topological polar surface area (TPSA) is 88.8 Å². The van der Waals surface area contributed by atoms with Crippen LogP contribution in [0, 0.1) is 5.82 Å². The summed E-state index contributed by atoms with van der Waals surface area (Å²) in [6.07, 6.45) is 0. The minimum Gasteiger partial charge on any atom is -0.362 e. The Morgan fingerprint density at radius 2 is 2.18 bits per heavy atom. The van der Waals surface area contributed by atoms with Gasteiger partial charge < -0.3 is 10.7 Å². The van der Waals surface area contributed by atoms with Crippen LogP contribution in [-0.4, -0.2) is 15.0 Å². The van der Waals surface area contributed by atoms with E-state index in [9.17, 15) is 4.39 Å². The van der Waals surface area contributed by atoms with E-state index >= 15 is 0 Å². The number of nitrogens with zero attached hydrogens (tertiary/aromatic N) is 3. The van der Waals surface area contributed by atoms with Crippen LogP contribution in [0.4, 0.5) is 16.0 Å². The second kappa shape index (κ2) is 5.21. The molecule has 6 nitrogen and oxygen atoms in total. The molecule has 0 aliphatic rings. The van der Waals surface area contributed by atoms with E-state index in [1.54, 1.807) is 5.51 Å². The molecule has 0 aliphatic carbocycles. The summed E-state index contributed by atoms with van der Waals surface area (Å²) < 4.78 is 13.7. The molecule has 17 heavy (non-hydrogen) atoms. The van der Waals surface area contributed by atoms with Gasteiger partial charge in [0.1, 0.15) is 0 Å². The minimum absolute atomic E-state index is 0.0223. The Balaban J connectivity index is 2.17. The molecule has 90 valence electrons. The number of nitrogens with two attached hydrogens (primary N) is 1. The molecular weight excluding hydrogens is 267 g/mol. The SMILES string of the molecule is NNc1nc(Cl)nc(NCc2cscn2)c1F. The van der Waals surface area contributed by atoms with Crippen LogP contribution >= 0.6 is 22.9 Å². The van der Waals surface area contributed by atoms with E-state index in [0.717, 1.165) is 5.69 Å². The number of aromatic nitrogens is 3. The first kappa shape index (κ1) is 12.0. The number of rotatable bonds is 4. The fourth-order valence-electron chi connectivity index (χ4n) is 1.13. The highest BCUT2D eigenvalue weighted by Crippen LogP contribution is 2.20. The summed E-state index contributed by atoms with van der Waals surface area (Å²) in [5, 5.41) is 4.51. The molecule has 0 saturated heterocycles. The lowest BCUT2D eigenvalue weighted by molar-refractivity contribution is 0.620. The predicted molar refractivity (Wildman–Crippen MR) is 64.3 cm³/mol. The van der Waals surface area contributed by atoms with Gasteiger partial charge in [0.2, 0.25) is 11.1 Å². The first-order valence-corrected chi connectivity index (χ1v) is 5.83. The largest absolute Gasteiger partial charge is 0.362 e. The van der Waals surface area contributed by atoms with Crippen LogP contribution in [0.1, 0.15) is 5.69 Å². The third kappa shape index (κ3) is 2.78. The quantitative estimate of drug-likeness (QED) is 0.446. The van der Waals surface area contributed by atoms with Gasteiger partial charge in [0.25, 0.3) is 0 Å². The van der Waals surface area contributed by atoms with Crippen LogP contribution < -0.4 is 16.6 Å². The van der Waals surface area contributed by atoms with Crippen molar-refractivity contribution in [3.63, 3.8) is 0 Å². The van der Waals surface area contributed by atoms with Gasteiger partial charge in [0.05, 0.1) is 17.7 Å². The van der Waals surface area contributed by atoms with Crippen LogP contribution in [-0.2, 0) is 6.54 Å². The Morgan fingerprint density at radius 1 is 1.41 bits per heavy atom. The normalized spacial score (nSPS) is 10.3. The number of hydrogen-bond donors (Lipinski definition) is 3. The number of nitrogen functional groups attached to an aromatic ring is 1. The van der Waals surface area contributed by atoms with Crippen LogP contribution in [0.15, 0.2) is 10.9 Å². The van der Waals surface area contributed by atoms with Crippen molar-refractivity contribution in [2.24, 2.45) is 5.84 Å². The highest BCUT2D eigenvalue weighted by molar-refractivity contribution is 7.07. The van der Waals surface area contributed by atoms with Gasteiger partial charge in [-0.05, 0) is 11.6 Å². The van der Waals surface area contributed by atoms with E-state index in [2.05, 4.69) is 25.7 Å². The zero-order valence-electron chi connectivity index (χ0n) is 8.44. The van der Waals surface area contributed by atoms with E-state index < -0.39 is 5.82 Å². The Bertz CT molecular complexity index is 505. The average Bonchev–Trinajstić information content (AvgIpc) is 2.82.